The Bertz CT molecular complexity index is 605. The van der Waals surface area contributed by atoms with Gasteiger partial charge in [-0.15, -0.1) is 0 Å². The van der Waals surface area contributed by atoms with Gasteiger partial charge in [-0.25, -0.2) is 0 Å². The predicted octanol–water partition coefficient (Wildman–Crippen LogP) is 4.35. The van der Waals surface area contributed by atoms with Crippen LogP contribution in [0.1, 0.15) is 58.8 Å². The van der Waals surface area contributed by atoms with Crippen molar-refractivity contribution in [1.82, 2.24) is 5.32 Å². The summed E-state index contributed by atoms with van der Waals surface area (Å²) < 4.78 is 0. The Hall–Kier alpha value is -1.65. The molecule has 2 aliphatic carbocycles. The van der Waals surface area contributed by atoms with E-state index < -0.39 is 12.0 Å². The van der Waals surface area contributed by atoms with E-state index in [-0.39, 0.29) is 12.1 Å². The minimum Gasteiger partial charge on any atom is -0.480 e. The van der Waals surface area contributed by atoms with Crippen molar-refractivity contribution in [3.63, 3.8) is 0 Å². The summed E-state index contributed by atoms with van der Waals surface area (Å²) in [5, 5.41) is 13.0. The molecule has 0 aromatic rings. The molecule has 150 valence electrons. The number of rotatable bonds is 10. The smallest absolute Gasteiger partial charge is 0.321 e. The number of aliphatic carboxylic acids is 1. The van der Waals surface area contributed by atoms with Crippen LogP contribution in [0.3, 0.4) is 0 Å². The van der Waals surface area contributed by atoms with E-state index in [0.29, 0.717) is 11.8 Å². The van der Waals surface area contributed by atoms with Crippen LogP contribution < -0.4 is 11.1 Å². The summed E-state index contributed by atoms with van der Waals surface area (Å²) in [4.78, 5) is 11.4. The van der Waals surface area contributed by atoms with Gasteiger partial charge in [0.1, 0.15) is 6.04 Å². The zero-order valence-corrected chi connectivity index (χ0v) is 16.9. The third-order valence-electron chi connectivity index (χ3n) is 6.02. The summed E-state index contributed by atoms with van der Waals surface area (Å²) in [6, 6.07) is -0.893. The Morgan fingerprint density at radius 3 is 2.74 bits per heavy atom. The van der Waals surface area contributed by atoms with Gasteiger partial charge in [-0.05, 0) is 62.4 Å². The number of carbonyl (C=O) groups is 1. The molecule has 0 aromatic heterocycles. The Morgan fingerprint density at radius 1 is 1.37 bits per heavy atom. The number of nitrogens with two attached hydrogens (primary N) is 1. The molecule has 0 saturated heterocycles. The summed E-state index contributed by atoms with van der Waals surface area (Å²) in [5.41, 5.74) is 7.05. The number of hydrogen-bond acceptors (Lipinski definition) is 3. The standard InChI is InChI=1S/C23H36N2O2/c1-3-5-12-18(4-2)23(19-13-8-6-9-14-19,20-15-10-7-11-16-20)25-17-21(24)22(26)27/h5-8,10,12-13,18,20-21,25H,3-4,9,11,14-17,24H2,1-2H3,(H,26,27)/b12-5-/t18-,20?,21?,23?/m1/s1. The van der Waals surface area contributed by atoms with Crippen LogP contribution in [0.5, 0.6) is 0 Å². The molecule has 0 radical (unpaired) electrons. The highest BCUT2D eigenvalue weighted by atomic mass is 16.4. The van der Waals surface area contributed by atoms with E-state index in [1.54, 1.807) is 0 Å². The molecular weight excluding hydrogens is 336 g/mol. The normalized spacial score (nSPS) is 24.4. The van der Waals surface area contributed by atoms with Crippen LogP contribution in [-0.2, 0) is 4.79 Å². The topological polar surface area (TPSA) is 75.3 Å². The molecule has 0 heterocycles. The van der Waals surface area contributed by atoms with Crippen LogP contribution >= 0.6 is 0 Å². The van der Waals surface area contributed by atoms with Crippen LogP contribution in [0.4, 0.5) is 0 Å². The van der Waals surface area contributed by atoms with E-state index >= 15 is 0 Å². The van der Waals surface area contributed by atoms with Gasteiger partial charge in [0.05, 0.1) is 0 Å². The van der Waals surface area contributed by atoms with Crippen molar-refractivity contribution in [3.05, 3.63) is 48.1 Å². The van der Waals surface area contributed by atoms with Gasteiger partial charge in [-0.3, -0.25) is 4.79 Å². The second kappa shape index (κ2) is 10.6. The highest BCUT2D eigenvalue weighted by Gasteiger charge is 2.46. The van der Waals surface area contributed by atoms with Crippen molar-refractivity contribution in [3.8, 4) is 0 Å². The SMILES string of the molecule is CC/C=C\[C@@H](CC)C(NCC(N)C(=O)O)(C1=CC=CCC1)C1CC=CCC1. The highest BCUT2D eigenvalue weighted by Crippen LogP contribution is 2.44. The zero-order valence-electron chi connectivity index (χ0n) is 16.9. The fourth-order valence-electron chi connectivity index (χ4n) is 4.62. The first-order chi connectivity index (χ1) is 13.1. The first-order valence-electron chi connectivity index (χ1n) is 10.5. The van der Waals surface area contributed by atoms with E-state index in [1.807, 2.05) is 0 Å². The van der Waals surface area contributed by atoms with Crippen LogP contribution in [0, 0.1) is 11.8 Å². The lowest BCUT2D eigenvalue weighted by Crippen LogP contribution is -2.61. The molecule has 4 nitrogen and oxygen atoms in total. The van der Waals surface area contributed by atoms with Gasteiger partial charge < -0.3 is 16.2 Å². The minimum atomic E-state index is -0.949. The quantitative estimate of drug-likeness (QED) is 0.498. The van der Waals surface area contributed by atoms with E-state index in [9.17, 15) is 9.90 Å². The molecule has 3 unspecified atom stereocenters. The first-order valence-corrected chi connectivity index (χ1v) is 10.5. The Balaban J connectivity index is 2.49. The summed E-state index contributed by atoms with van der Waals surface area (Å²) in [7, 11) is 0. The monoisotopic (exact) mass is 372 g/mol. The lowest BCUT2D eigenvalue weighted by Gasteiger charge is -2.49. The average molecular weight is 373 g/mol. The number of nitrogens with one attached hydrogen (secondary N) is 1. The molecule has 0 aliphatic heterocycles. The Labute approximate surface area is 164 Å². The molecular formula is C23H36N2O2. The molecule has 0 saturated carbocycles. The summed E-state index contributed by atoms with van der Waals surface area (Å²) >= 11 is 0. The van der Waals surface area contributed by atoms with Crippen molar-refractivity contribution in [2.24, 2.45) is 17.6 Å². The van der Waals surface area contributed by atoms with Gasteiger partial charge in [0.15, 0.2) is 0 Å². The van der Waals surface area contributed by atoms with Crippen LogP contribution in [0.2, 0.25) is 0 Å². The van der Waals surface area contributed by atoms with Crippen molar-refractivity contribution in [2.45, 2.75) is 70.4 Å². The third kappa shape index (κ3) is 5.20. The number of carboxylic acids is 1. The summed E-state index contributed by atoms with van der Waals surface area (Å²) in [6.07, 6.45) is 23.0. The predicted molar refractivity (Wildman–Crippen MR) is 112 cm³/mol. The fraction of sp³-hybridized carbons (Fsp3) is 0.609. The molecule has 0 spiro atoms. The largest absolute Gasteiger partial charge is 0.480 e. The molecule has 2 rings (SSSR count). The van der Waals surface area contributed by atoms with E-state index in [0.717, 1.165) is 44.9 Å². The minimum absolute atomic E-state index is 0.247. The molecule has 27 heavy (non-hydrogen) atoms. The number of allylic oxidation sites excluding steroid dienone is 6. The van der Waals surface area contributed by atoms with Gasteiger partial charge in [0.2, 0.25) is 0 Å². The van der Waals surface area contributed by atoms with Gasteiger partial charge in [0, 0.05) is 12.1 Å². The van der Waals surface area contributed by atoms with Gasteiger partial charge in [0.25, 0.3) is 0 Å². The second-order valence-corrected chi connectivity index (χ2v) is 7.69. The molecule has 0 amide bonds. The fourth-order valence-corrected chi connectivity index (χ4v) is 4.62. The lowest BCUT2D eigenvalue weighted by molar-refractivity contribution is -0.138. The molecule has 4 heteroatoms. The maximum atomic E-state index is 11.4. The molecule has 0 fully saturated rings. The maximum absolute atomic E-state index is 11.4. The second-order valence-electron chi connectivity index (χ2n) is 7.69. The van der Waals surface area contributed by atoms with Gasteiger partial charge >= 0.3 is 5.97 Å². The molecule has 4 N–H and O–H groups in total. The number of hydrogen-bond donors (Lipinski definition) is 3. The first kappa shape index (κ1) is 21.6. The van der Waals surface area contributed by atoms with Crippen molar-refractivity contribution >= 4 is 5.97 Å². The molecule has 0 aromatic carbocycles. The highest BCUT2D eigenvalue weighted by molar-refractivity contribution is 5.73. The average Bonchev–Trinajstić information content (AvgIpc) is 2.71. The van der Waals surface area contributed by atoms with Gasteiger partial charge in [-0.1, -0.05) is 56.4 Å². The van der Waals surface area contributed by atoms with E-state index in [2.05, 4.69) is 61.7 Å². The molecule has 0 bridgehead atoms. The van der Waals surface area contributed by atoms with Crippen molar-refractivity contribution in [2.75, 3.05) is 6.54 Å². The zero-order chi connectivity index (χ0) is 19.7. The maximum Gasteiger partial charge on any atom is 0.321 e. The molecule has 4 atom stereocenters. The Kier molecular flexibility index (Phi) is 8.52. The summed E-state index contributed by atoms with van der Waals surface area (Å²) in [5.74, 6) is -0.199. The van der Waals surface area contributed by atoms with Crippen molar-refractivity contribution in [1.29, 1.82) is 0 Å². The van der Waals surface area contributed by atoms with Crippen LogP contribution in [0.15, 0.2) is 48.1 Å². The van der Waals surface area contributed by atoms with Gasteiger partial charge in [-0.2, -0.15) is 0 Å². The Morgan fingerprint density at radius 2 is 2.19 bits per heavy atom. The van der Waals surface area contributed by atoms with Crippen LogP contribution in [0.25, 0.3) is 0 Å². The van der Waals surface area contributed by atoms with Crippen LogP contribution in [-0.4, -0.2) is 29.2 Å². The lowest BCUT2D eigenvalue weighted by atomic mass is 9.63. The third-order valence-corrected chi connectivity index (χ3v) is 6.02. The van der Waals surface area contributed by atoms with E-state index in [4.69, 9.17) is 5.73 Å². The van der Waals surface area contributed by atoms with Crippen molar-refractivity contribution < 1.29 is 9.90 Å². The summed E-state index contributed by atoms with van der Waals surface area (Å²) in [6.45, 7) is 4.67. The number of carboxylic acid groups (broad SMARTS) is 1. The molecule has 2 aliphatic rings. The van der Waals surface area contributed by atoms with E-state index in [1.165, 1.54) is 5.57 Å².